The standard InChI is InChI=1S/C25H23N3O3/c1-3-15-31-25(29)18-7-6-8-19(16-18)26-24-21-9-4-5-10-22(21)27-23(28-24)17-11-13-20(30-2)14-12-17/h4-14,16H,3,15H2,1-2H3,(H,26,27,28). The summed E-state index contributed by atoms with van der Waals surface area (Å²) in [7, 11) is 1.63. The molecule has 0 amide bonds. The number of hydrogen-bond acceptors (Lipinski definition) is 6. The molecule has 1 N–H and O–H groups in total. The van der Waals surface area contributed by atoms with Crippen LogP contribution in [0.1, 0.15) is 23.7 Å². The van der Waals surface area contributed by atoms with Crippen LogP contribution in [0.25, 0.3) is 22.3 Å². The summed E-state index contributed by atoms with van der Waals surface area (Å²) in [5, 5.41) is 4.24. The van der Waals surface area contributed by atoms with Crippen LogP contribution < -0.4 is 10.1 Å². The number of nitrogens with zero attached hydrogens (tertiary/aromatic N) is 2. The minimum Gasteiger partial charge on any atom is -0.497 e. The maximum atomic E-state index is 12.2. The Balaban J connectivity index is 1.71. The van der Waals surface area contributed by atoms with Gasteiger partial charge in [-0.05, 0) is 61.0 Å². The van der Waals surface area contributed by atoms with Crippen molar-refractivity contribution in [2.75, 3.05) is 19.0 Å². The lowest BCUT2D eigenvalue weighted by molar-refractivity contribution is 0.0505. The summed E-state index contributed by atoms with van der Waals surface area (Å²) < 4.78 is 10.5. The second-order valence-corrected chi connectivity index (χ2v) is 6.98. The van der Waals surface area contributed by atoms with Gasteiger partial charge in [-0.2, -0.15) is 0 Å². The van der Waals surface area contributed by atoms with Crippen LogP contribution in [0.3, 0.4) is 0 Å². The number of fused-ring (bicyclic) bond motifs is 1. The smallest absolute Gasteiger partial charge is 0.338 e. The first-order valence-electron chi connectivity index (χ1n) is 10.1. The van der Waals surface area contributed by atoms with Crippen LogP contribution >= 0.6 is 0 Å². The summed E-state index contributed by atoms with van der Waals surface area (Å²) in [5.41, 5.74) is 2.94. The molecule has 6 nitrogen and oxygen atoms in total. The second kappa shape index (κ2) is 9.26. The van der Waals surface area contributed by atoms with Crippen molar-refractivity contribution in [2.45, 2.75) is 13.3 Å². The molecular weight excluding hydrogens is 390 g/mol. The molecular formula is C25H23N3O3. The third kappa shape index (κ3) is 4.64. The summed E-state index contributed by atoms with van der Waals surface area (Å²) >= 11 is 0. The maximum absolute atomic E-state index is 12.2. The minimum absolute atomic E-state index is 0.336. The van der Waals surface area contributed by atoms with Crippen LogP contribution in [0.5, 0.6) is 5.75 Å². The Hall–Kier alpha value is -3.93. The molecule has 0 aliphatic heterocycles. The Morgan fingerprint density at radius 2 is 1.77 bits per heavy atom. The molecule has 0 radical (unpaired) electrons. The highest BCUT2D eigenvalue weighted by Crippen LogP contribution is 2.28. The number of rotatable bonds is 7. The largest absolute Gasteiger partial charge is 0.497 e. The number of anilines is 2. The van der Waals surface area contributed by atoms with Crippen molar-refractivity contribution in [1.82, 2.24) is 9.97 Å². The van der Waals surface area contributed by atoms with Gasteiger partial charge in [-0.15, -0.1) is 0 Å². The molecule has 6 heteroatoms. The third-order valence-electron chi connectivity index (χ3n) is 4.75. The molecule has 4 aromatic rings. The zero-order valence-corrected chi connectivity index (χ0v) is 17.5. The quantitative estimate of drug-likeness (QED) is 0.397. The van der Waals surface area contributed by atoms with Gasteiger partial charge in [0, 0.05) is 16.6 Å². The Morgan fingerprint density at radius 1 is 0.968 bits per heavy atom. The molecule has 0 aliphatic rings. The van der Waals surface area contributed by atoms with Crippen LogP contribution in [-0.2, 0) is 4.74 Å². The van der Waals surface area contributed by atoms with Crippen molar-refractivity contribution in [3.8, 4) is 17.1 Å². The van der Waals surface area contributed by atoms with E-state index >= 15 is 0 Å². The molecule has 0 aliphatic carbocycles. The van der Waals surface area contributed by atoms with Crippen LogP contribution in [0.2, 0.25) is 0 Å². The van der Waals surface area contributed by atoms with Gasteiger partial charge in [0.2, 0.25) is 0 Å². The fourth-order valence-electron chi connectivity index (χ4n) is 3.18. The van der Waals surface area contributed by atoms with E-state index in [2.05, 4.69) is 5.32 Å². The molecule has 0 spiro atoms. The molecule has 0 atom stereocenters. The van der Waals surface area contributed by atoms with Crippen LogP contribution in [0, 0.1) is 0 Å². The van der Waals surface area contributed by atoms with Crippen molar-refractivity contribution in [3.05, 3.63) is 78.4 Å². The van der Waals surface area contributed by atoms with Crippen LogP contribution in [0.4, 0.5) is 11.5 Å². The van der Waals surface area contributed by atoms with Crippen molar-refractivity contribution in [1.29, 1.82) is 0 Å². The first-order valence-corrected chi connectivity index (χ1v) is 10.1. The van der Waals surface area contributed by atoms with Crippen molar-refractivity contribution >= 4 is 28.4 Å². The number of esters is 1. The Morgan fingerprint density at radius 3 is 2.55 bits per heavy atom. The van der Waals surface area contributed by atoms with E-state index in [1.807, 2.05) is 67.6 Å². The van der Waals surface area contributed by atoms with Gasteiger partial charge in [0.1, 0.15) is 11.6 Å². The summed E-state index contributed by atoms with van der Waals surface area (Å²) in [6.07, 6.45) is 0.782. The van der Waals surface area contributed by atoms with Crippen LogP contribution in [-0.4, -0.2) is 29.7 Å². The van der Waals surface area contributed by atoms with Gasteiger partial charge < -0.3 is 14.8 Å². The van der Waals surface area contributed by atoms with Gasteiger partial charge in [-0.3, -0.25) is 0 Å². The molecule has 0 fully saturated rings. The van der Waals surface area contributed by atoms with Gasteiger partial charge in [-0.25, -0.2) is 14.8 Å². The first-order chi connectivity index (χ1) is 15.2. The highest BCUT2D eigenvalue weighted by Gasteiger charge is 2.12. The van der Waals surface area contributed by atoms with Gasteiger partial charge in [0.05, 0.1) is 24.8 Å². The zero-order chi connectivity index (χ0) is 21.6. The molecule has 0 unspecified atom stereocenters. The summed E-state index contributed by atoms with van der Waals surface area (Å²) in [6.45, 7) is 2.37. The minimum atomic E-state index is -0.336. The number of aromatic nitrogens is 2. The predicted octanol–water partition coefficient (Wildman–Crippen LogP) is 5.62. The Kier molecular flexibility index (Phi) is 6.08. The number of benzene rings is 3. The van der Waals surface area contributed by atoms with E-state index in [9.17, 15) is 4.79 Å². The zero-order valence-electron chi connectivity index (χ0n) is 17.5. The Labute approximate surface area is 180 Å². The number of carbonyl (C=O) groups is 1. The summed E-state index contributed by atoms with van der Waals surface area (Å²) in [5.74, 6) is 1.70. The van der Waals surface area contributed by atoms with Gasteiger partial charge in [0.15, 0.2) is 5.82 Å². The van der Waals surface area contributed by atoms with Crippen molar-refractivity contribution < 1.29 is 14.3 Å². The van der Waals surface area contributed by atoms with E-state index in [0.29, 0.717) is 23.8 Å². The molecule has 156 valence electrons. The highest BCUT2D eigenvalue weighted by atomic mass is 16.5. The van der Waals surface area contributed by atoms with Gasteiger partial charge in [0.25, 0.3) is 0 Å². The fourth-order valence-corrected chi connectivity index (χ4v) is 3.18. The number of para-hydroxylation sites is 1. The topological polar surface area (TPSA) is 73.3 Å². The number of methoxy groups -OCH3 is 1. The molecule has 0 saturated carbocycles. The average Bonchev–Trinajstić information content (AvgIpc) is 2.82. The molecule has 0 saturated heterocycles. The first kappa shape index (κ1) is 20.3. The summed E-state index contributed by atoms with van der Waals surface area (Å²) in [4.78, 5) is 21.7. The van der Waals surface area contributed by atoms with Crippen LogP contribution in [0.15, 0.2) is 72.8 Å². The SMILES string of the molecule is CCCOC(=O)c1cccc(Nc2nc(-c3ccc(OC)cc3)nc3ccccc23)c1. The molecule has 1 heterocycles. The number of ether oxygens (including phenoxy) is 2. The normalized spacial score (nSPS) is 10.6. The maximum Gasteiger partial charge on any atom is 0.338 e. The second-order valence-electron chi connectivity index (χ2n) is 6.98. The van der Waals surface area contributed by atoms with E-state index in [-0.39, 0.29) is 5.97 Å². The number of nitrogens with one attached hydrogen (secondary N) is 1. The summed E-state index contributed by atoms with van der Waals surface area (Å²) in [6, 6.07) is 22.6. The number of carbonyl (C=O) groups excluding carboxylic acids is 1. The van der Waals surface area contributed by atoms with E-state index in [0.717, 1.165) is 34.3 Å². The lowest BCUT2D eigenvalue weighted by atomic mass is 10.1. The van der Waals surface area contributed by atoms with Gasteiger partial charge in [-0.1, -0.05) is 25.1 Å². The average molecular weight is 413 g/mol. The van der Waals surface area contributed by atoms with Gasteiger partial charge >= 0.3 is 5.97 Å². The molecule has 0 bridgehead atoms. The molecule has 4 rings (SSSR count). The predicted molar refractivity (Wildman–Crippen MR) is 122 cm³/mol. The lowest BCUT2D eigenvalue weighted by Crippen LogP contribution is -2.06. The molecule has 31 heavy (non-hydrogen) atoms. The molecule has 1 aromatic heterocycles. The van der Waals surface area contributed by atoms with Crippen molar-refractivity contribution in [3.63, 3.8) is 0 Å². The fraction of sp³-hybridized carbons (Fsp3) is 0.160. The highest BCUT2D eigenvalue weighted by molar-refractivity contribution is 5.94. The van der Waals surface area contributed by atoms with Crippen molar-refractivity contribution in [2.24, 2.45) is 0 Å². The Bertz CT molecular complexity index is 1210. The van der Waals surface area contributed by atoms with E-state index in [1.165, 1.54) is 0 Å². The van der Waals surface area contributed by atoms with E-state index in [4.69, 9.17) is 19.4 Å². The number of hydrogen-bond donors (Lipinski definition) is 1. The molecule has 3 aromatic carbocycles. The monoisotopic (exact) mass is 413 g/mol. The van der Waals surface area contributed by atoms with E-state index < -0.39 is 0 Å². The van der Waals surface area contributed by atoms with E-state index in [1.54, 1.807) is 19.2 Å². The lowest BCUT2D eigenvalue weighted by Gasteiger charge is -2.12. The third-order valence-corrected chi connectivity index (χ3v) is 4.75.